The number of amides is 1. The number of carbonyl (C=O) groups is 1. The first-order valence-electron chi connectivity index (χ1n) is 15.2. The molecule has 1 saturated heterocycles. The minimum atomic E-state index is -0.363. The molecule has 0 aliphatic carbocycles. The molecule has 1 aliphatic heterocycles. The quantitative estimate of drug-likeness (QED) is 0.165. The number of nitrogens with one attached hydrogen (secondary N) is 3. The first-order valence-corrected chi connectivity index (χ1v) is 15.2. The van der Waals surface area contributed by atoms with Gasteiger partial charge in [0, 0.05) is 27.9 Å². The summed E-state index contributed by atoms with van der Waals surface area (Å²) < 4.78 is 20.2. The Morgan fingerprint density at radius 3 is 2.44 bits per heavy atom. The normalized spacial score (nSPS) is 13.5. The molecule has 0 saturated carbocycles. The highest BCUT2D eigenvalue weighted by molar-refractivity contribution is 6.07. The van der Waals surface area contributed by atoms with Crippen molar-refractivity contribution in [3.8, 4) is 17.1 Å². The van der Waals surface area contributed by atoms with Crippen LogP contribution in [-0.4, -0.2) is 35.6 Å². The maximum atomic E-state index is 14.1. The van der Waals surface area contributed by atoms with Crippen LogP contribution in [0.4, 0.5) is 21.6 Å². The Bertz CT molecular complexity index is 1990. The lowest BCUT2D eigenvalue weighted by Crippen LogP contribution is -2.30. The Morgan fingerprint density at radius 1 is 0.822 bits per heavy atom. The van der Waals surface area contributed by atoms with Gasteiger partial charge in [0.15, 0.2) is 5.82 Å². The zero-order chi connectivity index (χ0) is 30.6. The summed E-state index contributed by atoms with van der Waals surface area (Å²) in [6.07, 6.45) is 2.25. The summed E-state index contributed by atoms with van der Waals surface area (Å²) in [5, 5.41) is 12.6. The van der Waals surface area contributed by atoms with Gasteiger partial charge in [0.25, 0.3) is 5.91 Å². The summed E-state index contributed by atoms with van der Waals surface area (Å²) in [5.41, 5.74) is 3.19. The van der Waals surface area contributed by atoms with Gasteiger partial charge in [0.1, 0.15) is 17.4 Å². The summed E-state index contributed by atoms with van der Waals surface area (Å²) in [7, 11) is 0. The van der Waals surface area contributed by atoms with Gasteiger partial charge in [-0.1, -0.05) is 42.5 Å². The molecule has 3 N–H and O–H groups in total. The minimum absolute atomic E-state index is 0.216. The summed E-state index contributed by atoms with van der Waals surface area (Å²) in [5.74, 6) is 1.72. The predicted octanol–water partition coefficient (Wildman–Crippen LogP) is 7.96. The minimum Gasteiger partial charge on any atom is -0.493 e. The van der Waals surface area contributed by atoms with Gasteiger partial charge in [-0.2, -0.15) is 0 Å². The van der Waals surface area contributed by atoms with Crippen LogP contribution in [-0.2, 0) is 0 Å². The van der Waals surface area contributed by atoms with Crippen LogP contribution < -0.4 is 20.7 Å². The number of nitrogens with zero attached hydrogens (tertiary/aromatic N) is 2. The van der Waals surface area contributed by atoms with Crippen LogP contribution in [0.15, 0.2) is 109 Å². The molecule has 2 heterocycles. The maximum Gasteiger partial charge on any atom is 0.255 e. The standard InChI is InChI=1S/C37H32FN5O2/c38-29-7-3-6-27(21-29)35-42-34-15-12-31(41-37(44)28-9-8-25-4-1-2-5-26(25)20-28)22-33(34)36(43-35)40-30-10-13-32(14-11-30)45-23-24-16-18-39-19-17-24/h1-15,20-22,24,39H,16-19,23H2,(H,41,44)(H,40,42,43). The highest BCUT2D eigenvalue weighted by Gasteiger charge is 2.15. The van der Waals surface area contributed by atoms with Gasteiger partial charge >= 0.3 is 0 Å². The fourth-order valence-electron chi connectivity index (χ4n) is 5.63. The number of anilines is 3. The molecular weight excluding hydrogens is 565 g/mol. The van der Waals surface area contributed by atoms with E-state index in [0.29, 0.717) is 51.9 Å². The number of halogens is 1. The molecule has 0 atom stereocenters. The zero-order valence-corrected chi connectivity index (χ0v) is 24.6. The highest BCUT2D eigenvalue weighted by atomic mass is 19.1. The molecule has 1 aliphatic rings. The van der Waals surface area contributed by atoms with Crippen molar-refractivity contribution in [2.45, 2.75) is 12.8 Å². The summed E-state index contributed by atoms with van der Waals surface area (Å²) in [4.78, 5) is 22.7. The first kappa shape index (κ1) is 28.4. The largest absolute Gasteiger partial charge is 0.493 e. The molecule has 0 unspecified atom stereocenters. The second kappa shape index (κ2) is 12.7. The lowest BCUT2D eigenvalue weighted by Gasteiger charge is -2.22. The third-order valence-corrected chi connectivity index (χ3v) is 8.11. The average Bonchev–Trinajstić information content (AvgIpc) is 3.08. The van der Waals surface area contributed by atoms with E-state index < -0.39 is 0 Å². The molecule has 0 radical (unpaired) electrons. The van der Waals surface area contributed by atoms with Crippen LogP contribution in [0, 0.1) is 11.7 Å². The maximum absolute atomic E-state index is 14.1. The van der Waals surface area contributed by atoms with E-state index >= 15 is 0 Å². The summed E-state index contributed by atoms with van der Waals surface area (Å²) in [6.45, 7) is 2.78. The molecule has 5 aromatic carbocycles. The second-order valence-electron chi connectivity index (χ2n) is 11.3. The van der Waals surface area contributed by atoms with Crippen LogP contribution in [0.1, 0.15) is 23.2 Å². The van der Waals surface area contributed by atoms with E-state index in [1.165, 1.54) is 12.1 Å². The Labute approximate surface area is 260 Å². The number of rotatable bonds is 8. The molecule has 45 heavy (non-hydrogen) atoms. The van der Waals surface area contributed by atoms with Gasteiger partial charge in [-0.25, -0.2) is 14.4 Å². The number of hydrogen-bond acceptors (Lipinski definition) is 6. The molecular formula is C37H32FN5O2. The van der Waals surface area contributed by atoms with Crippen molar-refractivity contribution in [1.29, 1.82) is 0 Å². The third-order valence-electron chi connectivity index (χ3n) is 8.11. The van der Waals surface area contributed by atoms with Crippen LogP contribution in [0.5, 0.6) is 5.75 Å². The van der Waals surface area contributed by atoms with E-state index in [9.17, 15) is 9.18 Å². The fourth-order valence-corrected chi connectivity index (χ4v) is 5.63. The van der Waals surface area contributed by atoms with E-state index in [-0.39, 0.29) is 11.7 Å². The van der Waals surface area contributed by atoms with Crippen LogP contribution in [0.2, 0.25) is 0 Å². The van der Waals surface area contributed by atoms with Crippen LogP contribution in [0.25, 0.3) is 33.1 Å². The topological polar surface area (TPSA) is 88.2 Å². The van der Waals surface area contributed by atoms with Gasteiger partial charge in [-0.3, -0.25) is 4.79 Å². The second-order valence-corrected chi connectivity index (χ2v) is 11.3. The molecule has 6 aromatic rings. The molecule has 7 nitrogen and oxygen atoms in total. The Kier molecular flexibility index (Phi) is 8.04. The Morgan fingerprint density at radius 2 is 1.62 bits per heavy atom. The van der Waals surface area contributed by atoms with Gasteiger partial charge in [0.2, 0.25) is 0 Å². The Balaban J connectivity index is 1.17. The number of aromatic nitrogens is 2. The molecule has 7 rings (SSSR count). The van der Waals surface area contributed by atoms with Crippen molar-refractivity contribution in [1.82, 2.24) is 15.3 Å². The van der Waals surface area contributed by atoms with E-state index in [0.717, 1.165) is 48.1 Å². The van der Waals surface area contributed by atoms with Crippen molar-refractivity contribution in [3.63, 3.8) is 0 Å². The van der Waals surface area contributed by atoms with Gasteiger partial charge < -0.3 is 20.7 Å². The van der Waals surface area contributed by atoms with Gasteiger partial charge in [-0.15, -0.1) is 0 Å². The monoisotopic (exact) mass is 597 g/mol. The number of ether oxygens (including phenoxy) is 1. The molecule has 0 spiro atoms. The van der Waals surface area contributed by atoms with Crippen molar-refractivity contribution in [2.75, 3.05) is 30.3 Å². The molecule has 224 valence electrons. The van der Waals surface area contributed by atoms with E-state index in [4.69, 9.17) is 14.7 Å². The zero-order valence-electron chi connectivity index (χ0n) is 24.6. The number of carbonyl (C=O) groups excluding carboxylic acids is 1. The first-order chi connectivity index (χ1) is 22.1. The van der Waals surface area contributed by atoms with E-state index in [1.54, 1.807) is 12.1 Å². The SMILES string of the molecule is O=C(Nc1ccc2nc(-c3cccc(F)c3)nc(Nc3ccc(OCC4CCNCC4)cc3)c2c1)c1ccc2ccccc2c1. The smallest absolute Gasteiger partial charge is 0.255 e. The van der Waals surface area contributed by atoms with Crippen LogP contribution >= 0.6 is 0 Å². The number of fused-ring (bicyclic) bond motifs is 2. The average molecular weight is 598 g/mol. The van der Waals surface area contributed by atoms with E-state index in [1.807, 2.05) is 84.9 Å². The lowest BCUT2D eigenvalue weighted by atomic mass is 9.99. The van der Waals surface area contributed by atoms with Crippen LogP contribution in [0.3, 0.4) is 0 Å². The third kappa shape index (κ3) is 6.61. The summed E-state index contributed by atoms with van der Waals surface area (Å²) in [6, 6.07) is 33.1. The molecule has 1 fully saturated rings. The highest BCUT2D eigenvalue weighted by Crippen LogP contribution is 2.31. The van der Waals surface area contributed by atoms with E-state index in [2.05, 4.69) is 16.0 Å². The fraction of sp³-hybridized carbons (Fsp3) is 0.162. The molecule has 1 aromatic heterocycles. The van der Waals surface area contributed by atoms with Gasteiger partial charge in [-0.05, 0) is 109 Å². The lowest BCUT2D eigenvalue weighted by molar-refractivity contribution is 0.102. The molecule has 0 bridgehead atoms. The number of piperidine rings is 1. The van der Waals surface area contributed by atoms with Gasteiger partial charge in [0.05, 0.1) is 12.1 Å². The van der Waals surface area contributed by atoms with Crippen molar-refractivity contribution in [2.24, 2.45) is 5.92 Å². The molecule has 8 heteroatoms. The number of benzene rings is 5. The van der Waals surface area contributed by atoms with Crippen molar-refractivity contribution >= 4 is 44.8 Å². The summed E-state index contributed by atoms with van der Waals surface area (Å²) >= 11 is 0. The Hall–Kier alpha value is -5.34. The number of hydrogen-bond donors (Lipinski definition) is 3. The predicted molar refractivity (Wildman–Crippen MR) is 178 cm³/mol. The van der Waals surface area contributed by atoms with Crippen molar-refractivity contribution in [3.05, 3.63) is 121 Å². The molecule has 1 amide bonds. The van der Waals surface area contributed by atoms with Crippen molar-refractivity contribution < 1.29 is 13.9 Å².